The first-order valence-corrected chi connectivity index (χ1v) is 12.2. The van der Waals surface area contributed by atoms with Crippen LogP contribution in [0.3, 0.4) is 0 Å². The maximum absolute atomic E-state index is 13.4. The normalized spacial score (nSPS) is 15.7. The van der Waals surface area contributed by atoms with Crippen LogP contribution in [-0.2, 0) is 6.42 Å². The average Bonchev–Trinajstić information content (AvgIpc) is 3.14. The summed E-state index contributed by atoms with van der Waals surface area (Å²) in [7, 11) is 0. The first-order chi connectivity index (χ1) is 16.3. The molecule has 0 aliphatic carbocycles. The maximum atomic E-state index is 13.4. The molecule has 0 saturated carbocycles. The van der Waals surface area contributed by atoms with Gasteiger partial charge >= 0.3 is 0 Å². The van der Waals surface area contributed by atoms with Crippen molar-refractivity contribution in [3.63, 3.8) is 0 Å². The molecular weight excluding hydrogens is 460 g/mol. The Hall–Kier alpha value is -2.82. The summed E-state index contributed by atoms with van der Waals surface area (Å²) >= 11 is 1.23. The number of halogens is 2. The van der Waals surface area contributed by atoms with Gasteiger partial charge in [-0.3, -0.25) is 4.79 Å². The van der Waals surface area contributed by atoms with Crippen LogP contribution in [-0.4, -0.2) is 41.7 Å². The summed E-state index contributed by atoms with van der Waals surface area (Å²) in [6.07, 6.45) is 2.41. The second-order valence-corrected chi connectivity index (χ2v) is 9.67. The Morgan fingerprint density at radius 1 is 1.26 bits per heavy atom. The number of aliphatic hydroxyl groups is 1. The molecule has 1 unspecified atom stereocenters. The number of pyridine rings is 1. The van der Waals surface area contributed by atoms with E-state index in [1.54, 1.807) is 0 Å². The van der Waals surface area contributed by atoms with Crippen LogP contribution in [0, 0.1) is 11.6 Å². The molecule has 4 rings (SSSR count). The van der Waals surface area contributed by atoms with Crippen LogP contribution in [0.25, 0.3) is 10.2 Å². The molecule has 34 heavy (non-hydrogen) atoms. The SMILES string of the molecule is CCCc1cc(N2CCC(NCC(O)c3cc(F)cc(F)c3)CC2)nc2sc(C(N)=O)c(N)c12. The van der Waals surface area contributed by atoms with Crippen molar-refractivity contribution >= 4 is 39.0 Å². The number of aromatic nitrogens is 1. The number of anilines is 2. The number of benzene rings is 1. The Morgan fingerprint density at radius 2 is 1.94 bits per heavy atom. The Kier molecular flexibility index (Phi) is 7.30. The monoisotopic (exact) mass is 489 g/mol. The molecule has 1 fully saturated rings. The van der Waals surface area contributed by atoms with Gasteiger partial charge in [0.05, 0.1) is 11.8 Å². The van der Waals surface area contributed by atoms with Crippen LogP contribution in [0.5, 0.6) is 0 Å². The molecule has 1 amide bonds. The summed E-state index contributed by atoms with van der Waals surface area (Å²) in [5.41, 5.74) is 13.4. The third-order valence-electron chi connectivity index (χ3n) is 6.20. The molecule has 182 valence electrons. The van der Waals surface area contributed by atoms with E-state index in [1.807, 2.05) is 0 Å². The van der Waals surface area contributed by atoms with Crippen molar-refractivity contribution in [3.05, 3.63) is 51.9 Å². The predicted octanol–water partition coefficient (Wildman–Crippen LogP) is 3.50. The highest BCUT2D eigenvalue weighted by Gasteiger charge is 2.24. The number of primary amides is 1. The summed E-state index contributed by atoms with van der Waals surface area (Å²) in [5.74, 6) is -1.10. The van der Waals surface area contributed by atoms with Crippen LogP contribution in [0.1, 0.15) is 53.1 Å². The number of fused-ring (bicyclic) bond motifs is 1. The van der Waals surface area contributed by atoms with E-state index >= 15 is 0 Å². The van der Waals surface area contributed by atoms with Crippen molar-refractivity contribution in [2.75, 3.05) is 30.3 Å². The van der Waals surface area contributed by atoms with E-state index in [4.69, 9.17) is 16.5 Å². The van der Waals surface area contributed by atoms with Gasteiger partial charge in [-0.2, -0.15) is 0 Å². The molecule has 1 aromatic carbocycles. The van der Waals surface area contributed by atoms with E-state index in [1.165, 1.54) is 11.3 Å². The number of nitrogens with two attached hydrogens (primary N) is 2. The molecule has 2 aromatic heterocycles. The number of aryl methyl sites for hydroxylation is 1. The van der Waals surface area contributed by atoms with Crippen LogP contribution >= 0.6 is 11.3 Å². The third kappa shape index (κ3) is 5.13. The van der Waals surface area contributed by atoms with Crippen molar-refractivity contribution in [1.82, 2.24) is 10.3 Å². The number of nitrogens with zero attached hydrogens (tertiary/aromatic N) is 2. The summed E-state index contributed by atoms with van der Waals surface area (Å²) in [6.45, 7) is 3.82. The highest BCUT2D eigenvalue weighted by Crippen LogP contribution is 2.37. The fraction of sp³-hybridized carbons (Fsp3) is 0.417. The molecule has 0 spiro atoms. The highest BCUT2D eigenvalue weighted by atomic mass is 32.1. The van der Waals surface area contributed by atoms with Gasteiger partial charge in [0.25, 0.3) is 5.91 Å². The third-order valence-corrected chi connectivity index (χ3v) is 7.31. The number of hydrogen-bond acceptors (Lipinski definition) is 7. The van der Waals surface area contributed by atoms with Crippen molar-refractivity contribution in [2.45, 2.75) is 44.8 Å². The van der Waals surface area contributed by atoms with Crippen LogP contribution in [0.2, 0.25) is 0 Å². The zero-order chi connectivity index (χ0) is 24.4. The molecular formula is C24H29F2N5O2S. The van der Waals surface area contributed by atoms with E-state index in [9.17, 15) is 18.7 Å². The molecule has 1 aliphatic heterocycles. The molecule has 7 nitrogen and oxygen atoms in total. The first kappa shape index (κ1) is 24.3. The average molecular weight is 490 g/mol. The number of carbonyl (C=O) groups is 1. The van der Waals surface area contributed by atoms with E-state index in [0.717, 1.165) is 78.6 Å². The summed E-state index contributed by atoms with van der Waals surface area (Å²) in [4.78, 5) is 19.8. The number of carbonyl (C=O) groups excluding carboxylic acids is 1. The van der Waals surface area contributed by atoms with Gasteiger partial charge in [-0.15, -0.1) is 11.3 Å². The van der Waals surface area contributed by atoms with Crippen molar-refractivity contribution in [1.29, 1.82) is 0 Å². The zero-order valence-electron chi connectivity index (χ0n) is 19.0. The van der Waals surface area contributed by atoms with Crippen LogP contribution in [0.15, 0.2) is 24.3 Å². The Labute approximate surface area is 200 Å². The molecule has 1 atom stereocenters. The molecule has 0 radical (unpaired) electrons. The number of amides is 1. The second kappa shape index (κ2) is 10.2. The Morgan fingerprint density at radius 3 is 2.56 bits per heavy atom. The van der Waals surface area contributed by atoms with Gasteiger partial charge in [0.15, 0.2) is 0 Å². The van der Waals surface area contributed by atoms with Crippen molar-refractivity contribution in [3.8, 4) is 0 Å². The maximum Gasteiger partial charge on any atom is 0.260 e. The fourth-order valence-electron chi connectivity index (χ4n) is 4.47. The van der Waals surface area contributed by atoms with Gasteiger partial charge in [-0.25, -0.2) is 13.8 Å². The van der Waals surface area contributed by atoms with Crippen molar-refractivity contribution < 1.29 is 18.7 Å². The minimum atomic E-state index is -0.993. The number of thiophene rings is 1. The lowest BCUT2D eigenvalue weighted by atomic mass is 10.0. The van der Waals surface area contributed by atoms with Gasteiger partial charge in [0.2, 0.25) is 0 Å². The molecule has 10 heteroatoms. The minimum absolute atomic E-state index is 0.169. The number of rotatable bonds is 8. The molecule has 3 heterocycles. The molecule has 3 aromatic rings. The molecule has 1 saturated heterocycles. The lowest BCUT2D eigenvalue weighted by Gasteiger charge is -2.34. The number of nitrogens with one attached hydrogen (secondary N) is 1. The van der Waals surface area contributed by atoms with Gasteiger partial charge in [0, 0.05) is 37.1 Å². The fourth-order valence-corrected chi connectivity index (χ4v) is 5.46. The zero-order valence-corrected chi connectivity index (χ0v) is 19.8. The molecule has 1 aliphatic rings. The molecule has 6 N–H and O–H groups in total. The van der Waals surface area contributed by atoms with Gasteiger partial charge < -0.3 is 26.8 Å². The Bertz CT molecular complexity index is 1170. The largest absolute Gasteiger partial charge is 0.397 e. The summed E-state index contributed by atoms with van der Waals surface area (Å²) in [5, 5.41) is 14.4. The van der Waals surface area contributed by atoms with Crippen LogP contribution < -0.4 is 21.7 Å². The number of aliphatic hydroxyl groups excluding tert-OH is 1. The summed E-state index contributed by atoms with van der Waals surface area (Å²) in [6, 6.07) is 5.30. The molecule has 0 bridgehead atoms. The number of nitrogen functional groups attached to an aromatic ring is 1. The quantitative estimate of drug-likeness (QED) is 0.385. The topological polar surface area (TPSA) is 117 Å². The van der Waals surface area contributed by atoms with E-state index in [-0.39, 0.29) is 18.2 Å². The van der Waals surface area contributed by atoms with E-state index in [0.29, 0.717) is 10.6 Å². The van der Waals surface area contributed by atoms with Gasteiger partial charge in [-0.1, -0.05) is 13.3 Å². The highest BCUT2D eigenvalue weighted by molar-refractivity contribution is 7.21. The first-order valence-electron chi connectivity index (χ1n) is 11.4. The standard InChI is InChI=1S/C24H29F2N5O2S/c1-2-3-13-10-19(30-24-20(13)21(27)22(34-24)23(28)33)31-6-4-17(5-7-31)29-12-18(32)14-8-15(25)11-16(26)9-14/h8-11,17-18,29,32H,2-7,12,27H2,1H3,(H2,28,33). The summed E-state index contributed by atoms with van der Waals surface area (Å²) < 4.78 is 26.8. The van der Waals surface area contributed by atoms with E-state index < -0.39 is 23.6 Å². The minimum Gasteiger partial charge on any atom is -0.397 e. The predicted molar refractivity (Wildman–Crippen MR) is 131 cm³/mol. The lowest BCUT2D eigenvalue weighted by Crippen LogP contribution is -2.44. The van der Waals surface area contributed by atoms with Crippen LogP contribution in [0.4, 0.5) is 20.3 Å². The van der Waals surface area contributed by atoms with E-state index in [2.05, 4.69) is 23.2 Å². The Balaban J connectivity index is 1.42. The smallest absolute Gasteiger partial charge is 0.260 e. The second-order valence-electron chi connectivity index (χ2n) is 8.67. The van der Waals surface area contributed by atoms with Crippen molar-refractivity contribution in [2.24, 2.45) is 5.73 Å². The number of piperidine rings is 1. The lowest BCUT2D eigenvalue weighted by molar-refractivity contribution is 0.100. The van der Waals surface area contributed by atoms with Gasteiger partial charge in [-0.05, 0) is 48.6 Å². The number of hydrogen-bond donors (Lipinski definition) is 4. The van der Waals surface area contributed by atoms with Gasteiger partial charge in [0.1, 0.15) is 27.2 Å².